The number of rotatable bonds is 9. The maximum atomic E-state index is 11.8. The van der Waals surface area contributed by atoms with Crippen molar-refractivity contribution in [2.45, 2.75) is 46.2 Å². The van der Waals surface area contributed by atoms with Gasteiger partial charge in [0.1, 0.15) is 5.75 Å². The molecular formula is C17H28N2O2. The van der Waals surface area contributed by atoms with Crippen molar-refractivity contribution in [1.82, 2.24) is 10.6 Å². The highest BCUT2D eigenvalue weighted by Crippen LogP contribution is 2.13. The largest absolute Gasteiger partial charge is 0.484 e. The summed E-state index contributed by atoms with van der Waals surface area (Å²) in [6.45, 7) is 7.27. The number of carbonyl (C=O) groups excluding carboxylic acids is 1. The summed E-state index contributed by atoms with van der Waals surface area (Å²) in [6.07, 6.45) is 2.12. The van der Waals surface area contributed by atoms with Crippen molar-refractivity contribution in [2.75, 3.05) is 13.7 Å². The van der Waals surface area contributed by atoms with Crippen LogP contribution in [0.2, 0.25) is 0 Å². The van der Waals surface area contributed by atoms with Crippen molar-refractivity contribution in [3.63, 3.8) is 0 Å². The molecule has 0 aliphatic heterocycles. The number of benzene rings is 1. The Labute approximate surface area is 128 Å². The first kappa shape index (κ1) is 17.5. The Morgan fingerprint density at radius 1 is 1.24 bits per heavy atom. The minimum Gasteiger partial charge on any atom is -0.484 e. The Hall–Kier alpha value is -1.55. The van der Waals surface area contributed by atoms with Crippen LogP contribution in [-0.4, -0.2) is 25.6 Å². The molecule has 21 heavy (non-hydrogen) atoms. The molecule has 1 atom stereocenters. The Kier molecular flexibility index (Phi) is 7.83. The third-order valence-electron chi connectivity index (χ3n) is 3.23. The third-order valence-corrected chi connectivity index (χ3v) is 3.23. The molecule has 0 saturated carbocycles. The molecule has 1 aromatic carbocycles. The normalized spacial score (nSPS) is 12.2. The first-order valence-corrected chi connectivity index (χ1v) is 7.67. The van der Waals surface area contributed by atoms with E-state index in [-0.39, 0.29) is 18.6 Å². The zero-order valence-electron chi connectivity index (χ0n) is 13.6. The Balaban J connectivity index is 2.33. The molecule has 2 N–H and O–H groups in total. The third kappa shape index (κ3) is 7.71. The second-order valence-corrected chi connectivity index (χ2v) is 5.91. The molecule has 1 aromatic rings. The summed E-state index contributed by atoms with van der Waals surface area (Å²) in [6, 6.07) is 7.97. The summed E-state index contributed by atoms with van der Waals surface area (Å²) in [5.74, 6) is 1.33. The van der Waals surface area contributed by atoms with Crippen molar-refractivity contribution >= 4 is 5.91 Å². The van der Waals surface area contributed by atoms with Gasteiger partial charge in [-0.1, -0.05) is 26.0 Å². The minimum absolute atomic E-state index is 0.0645. The molecule has 0 aliphatic rings. The van der Waals surface area contributed by atoms with E-state index in [0.717, 1.165) is 30.7 Å². The summed E-state index contributed by atoms with van der Waals surface area (Å²) in [4.78, 5) is 11.8. The van der Waals surface area contributed by atoms with E-state index in [1.807, 2.05) is 38.2 Å². The molecule has 0 spiro atoms. The number of nitrogens with one attached hydrogen (secondary N) is 2. The van der Waals surface area contributed by atoms with Gasteiger partial charge < -0.3 is 15.4 Å². The number of carbonyl (C=O) groups is 1. The topological polar surface area (TPSA) is 50.4 Å². The molecule has 1 unspecified atom stereocenters. The Morgan fingerprint density at radius 3 is 2.67 bits per heavy atom. The quantitative estimate of drug-likeness (QED) is 0.736. The lowest BCUT2D eigenvalue weighted by Crippen LogP contribution is -2.36. The lowest BCUT2D eigenvalue weighted by molar-refractivity contribution is -0.123. The van der Waals surface area contributed by atoms with Crippen molar-refractivity contribution in [3.8, 4) is 5.75 Å². The second-order valence-electron chi connectivity index (χ2n) is 5.91. The van der Waals surface area contributed by atoms with Gasteiger partial charge in [-0.15, -0.1) is 0 Å². The van der Waals surface area contributed by atoms with Gasteiger partial charge >= 0.3 is 0 Å². The molecule has 0 fully saturated rings. The van der Waals surface area contributed by atoms with Gasteiger partial charge in [0.05, 0.1) is 0 Å². The molecule has 0 radical (unpaired) electrons. The summed E-state index contributed by atoms with van der Waals surface area (Å²) < 4.78 is 5.54. The van der Waals surface area contributed by atoms with Crippen LogP contribution in [0.25, 0.3) is 0 Å². The van der Waals surface area contributed by atoms with Gasteiger partial charge in [-0.05, 0) is 50.4 Å². The molecule has 0 bridgehead atoms. The first-order valence-electron chi connectivity index (χ1n) is 7.67. The SMILES string of the molecule is CNCc1cccc(OCC(=O)NC(C)CCC(C)C)c1. The molecule has 4 heteroatoms. The number of ether oxygens (including phenoxy) is 1. The van der Waals surface area contributed by atoms with E-state index < -0.39 is 0 Å². The molecule has 0 saturated heterocycles. The summed E-state index contributed by atoms with van der Waals surface area (Å²) in [7, 11) is 1.90. The maximum absolute atomic E-state index is 11.8. The predicted molar refractivity (Wildman–Crippen MR) is 86.4 cm³/mol. The molecule has 1 rings (SSSR count). The van der Waals surface area contributed by atoms with E-state index in [1.165, 1.54) is 0 Å². The minimum atomic E-state index is -0.0646. The number of amides is 1. The van der Waals surface area contributed by atoms with E-state index in [9.17, 15) is 4.79 Å². The van der Waals surface area contributed by atoms with Crippen LogP contribution >= 0.6 is 0 Å². The number of hydrogen-bond acceptors (Lipinski definition) is 3. The summed E-state index contributed by atoms with van der Waals surface area (Å²) in [5, 5.41) is 6.06. The van der Waals surface area contributed by atoms with Crippen molar-refractivity contribution < 1.29 is 9.53 Å². The van der Waals surface area contributed by atoms with Gasteiger partial charge in [-0.2, -0.15) is 0 Å². The van der Waals surface area contributed by atoms with E-state index in [4.69, 9.17) is 4.74 Å². The van der Waals surface area contributed by atoms with E-state index >= 15 is 0 Å². The van der Waals surface area contributed by atoms with Gasteiger partial charge in [-0.25, -0.2) is 0 Å². The van der Waals surface area contributed by atoms with Crippen molar-refractivity contribution in [2.24, 2.45) is 5.92 Å². The molecule has 0 heterocycles. The van der Waals surface area contributed by atoms with Crippen LogP contribution in [-0.2, 0) is 11.3 Å². The van der Waals surface area contributed by atoms with Gasteiger partial charge in [0.25, 0.3) is 5.91 Å². The Morgan fingerprint density at radius 2 is 2.00 bits per heavy atom. The standard InChI is InChI=1S/C17H28N2O2/c1-13(2)8-9-14(3)19-17(20)12-21-16-7-5-6-15(10-16)11-18-4/h5-7,10,13-14,18H,8-9,11-12H2,1-4H3,(H,19,20). The highest BCUT2D eigenvalue weighted by Gasteiger charge is 2.09. The van der Waals surface area contributed by atoms with Gasteiger partial charge in [0.15, 0.2) is 6.61 Å². The fourth-order valence-electron chi connectivity index (χ4n) is 2.07. The smallest absolute Gasteiger partial charge is 0.258 e. The van der Waals surface area contributed by atoms with Crippen LogP contribution in [0.4, 0.5) is 0 Å². The van der Waals surface area contributed by atoms with Gasteiger partial charge in [-0.3, -0.25) is 4.79 Å². The highest BCUT2D eigenvalue weighted by molar-refractivity contribution is 5.77. The average molecular weight is 292 g/mol. The average Bonchev–Trinajstić information content (AvgIpc) is 2.44. The van der Waals surface area contributed by atoms with Crippen LogP contribution < -0.4 is 15.4 Å². The van der Waals surface area contributed by atoms with Crippen LogP contribution in [0.5, 0.6) is 5.75 Å². The highest BCUT2D eigenvalue weighted by atomic mass is 16.5. The fourth-order valence-corrected chi connectivity index (χ4v) is 2.07. The van der Waals surface area contributed by atoms with E-state index in [1.54, 1.807) is 0 Å². The van der Waals surface area contributed by atoms with Crippen LogP contribution in [0, 0.1) is 5.92 Å². The first-order chi connectivity index (χ1) is 10.0. The zero-order chi connectivity index (χ0) is 15.7. The molecule has 118 valence electrons. The number of hydrogen-bond donors (Lipinski definition) is 2. The van der Waals surface area contributed by atoms with Crippen LogP contribution in [0.1, 0.15) is 39.2 Å². The van der Waals surface area contributed by atoms with Crippen LogP contribution in [0.3, 0.4) is 0 Å². The monoisotopic (exact) mass is 292 g/mol. The zero-order valence-corrected chi connectivity index (χ0v) is 13.6. The van der Waals surface area contributed by atoms with E-state index in [0.29, 0.717) is 5.92 Å². The molecular weight excluding hydrogens is 264 g/mol. The lowest BCUT2D eigenvalue weighted by atomic mass is 10.0. The fraction of sp³-hybridized carbons (Fsp3) is 0.588. The summed E-state index contributed by atoms with van der Waals surface area (Å²) in [5.41, 5.74) is 1.14. The van der Waals surface area contributed by atoms with Crippen molar-refractivity contribution in [3.05, 3.63) is 29.8 Å². The maximum Gasteiger partial charge on any atom is 0.258 e. The molecule has 4 nitrogen and oxygen atoms in total. The predicted octanol–water partition coefficient (Wildman–Crippen LogP) is 2.73. The lowest BCUT2D eigenvalue weighted by Gasteiger charge is -2.15. The van der Waals surface area contributed by atoms with Gasteiger partial charge in [0, 0.05) is 12.6 Å². The van der Waals surface area contributed by atoms with E-state index in [2.05, 4.69) is 24.5 Å². The molecule has 0 aliphatic carbocycles. The van der Waals surface area contributed by atoms with Crippen LogP contribution in [0.15, 0.2) is 24.3 Å². The van der Waals surface area contributed by atoms with Crippen molar-refractivity contribution in [1.29, 1.82) is 0 Å². The molecule has 1 amide bonds. The summed E-state index contributed by atoms with van der Waals surface area (Å²) >= 11 is 0. The molecule has 0 aromatic heterocycles. The van der Waals surface area contributed by atoms with Gasteiger partial charge in [0.2, 0.25) is 0 Å². The Bertz CT molecular complexity index is 433. The second kappa shape index (κ2) is 9.40.